The number of anilines is 3. The van der Waals surface area contributed by atoms with Gasteiger partial charge in [-0.05, 0) is 106 Å². The number of rotatable bonds is 12. The Morgan fingerprint density at radius 2 is 1.78 bits per heavy atom. The van der Waals surface area contributed by atoms with E-state index in [2.05, 4.69) is 10.3 Å². The quantitative estimate of drug-likeness (QED) is 0.0999. The van der Waals surface area contributed by atoms with Crippen LogP contribution in [0.3, 0.4) is 0 Å². The van der Waals surface area contributed by atoms with Crippen molar-refractivity contribution < 1.29 is 37.3 Å². The number of fused-ring (bicyclic) bond motifs is 1. The van der Waals surface area contributed by atoms with Crippen molar-refractivity contribution in [3.8, 4) is 11.5 Å². The number of amides is 1. The minimum Gasteiger partial charge on any atom is -0.490 e. The molecule has 5 rings (SSSR count). The maximum Gasteiger partial charge on any atom is 0.506 e. The van der Waals surface area contributed by atoms with E-state index in [0.717, 1.165) is 10.8 Å². The molecule has 3 aromatic carbocycles. The molecule has 3 unspecified atom stereocenters. The van der Waals surface area contributed by atoms with Crippen molar-refractivity contribution in [2.45, 2.75) is 75.5 Å². The monoisotopic (exact) mass is 705 g/mol. The van der Waals surface area contributed by atoms with Crippen LogP contribution in [0.1, 0.15) is 64.3 Å². The number of nitrogens with one attached hydrogen (secondary N) is 1. The average Bonchev–Trinajstić information content (AvgIpc) is 3.46. The smallest absolute Gasteiger partial charge is 0.490 e. The topological polar surface area (TPSA) is 196 Å². The van der Waals surface area contributed by atoms with Gasteiger partial charge in [-0.2, -0.15) is 0 Å². The number of nitrogen functional groups attached to an aromatic ring is 2. The highest BCUT2D eigenvalue weighted by Crippen LogP contribution is 2.42. The van der Waals surface area contributed by atoms with Crippen molar-refractivity contribution in [3.63, 3.8) is 0 Å². The molecule has 0 bridgehead atoms. The number of nitrogens with two attached hydrogens (primary N) is 2. The van der Waals surface area contributed by atoms with Crippen LogP contribution in [-0.2, 0) is 19.4 Å². The third-order valence-electron chi connectivity index (χ3n) is 8.47. The lowest BCUT2D eigenvalue weighted by atomic mass is 9.99. The summed E-state index contributed by atoms with van der Waals surface area (Å²) in [5.41, 5.74) is 13.8. The summed E-state index contributed by atoms with van der Waals surface area (Å²) in [5.74, 6) is 0.836. The number of nitrogens with zero attached hydrogens (tertiary/aromatic N) is 2. The highest BCUT2D eigenvalue weighted by atomic mass is 32.2. The Bertz CT molecular complexity index is 2000. The summed E-state index contributed by atoms with van der Waals surface area (Å²) in [4.78, 5) is 32.4. The van der Waals surface area contributed by atoms with Crippen LogP contribution in [0.25, 0.3) is 10.8 Å². The summed E-state index contributed by atoms with van der Waals surface area (Å²) in [7, 11) is -3.89. The van der Waals surface area contributed by atoms with Gasteiger partial charge in [0.25, 0.3) is 0 Å². The van der Waals surface area contributed by atoms with Crippen molar-refractivity contribution in [2.24, 2.45) is 0 Å². The van der Waals surface area contributed by atoms with E-state index in [0.29, 0.717) is 35.2 Å². The molecule has 4 aromatic rings. The lowest BCUT2D eigenvalue weighted by molar-refractivity contribution is -0.134. The Morgan fingerprint density at radius 1 is 1.02 bits per heavy atom. The molecule has 6 N–H and O–H groups in total. The van der Waals surface area contributed by atoms with E-state index in [1.165, 1.54) is 23.1 Å². The summed E-state index contributed by atoms with van der Waals surface area (Å²) >= 11 is 0. The van der Waals surface area contributed by atoms with Gasteiger partial charge in [-0.1, -0.05) is 6.07 Å². The number of likely N-dealkylation sites (tertiary alicyclic amines) is 1. The molecule has 0 aliphatic carbocycles. The molecule has 1 aliphatic heterocycles. The van der Waals surface area contributed by atoms with Crippen molar-refractivity contribution >= 4 is 49.9 Å². The summed E-state index contributed by atoms with van der Waals surface area (Å²) in [6, 6.07) is 14.6. The second-order valence-corrected chi connectivity index (χ2v) is 15.1. The fourth-order valence-corrected chi connectivity index (χ4v) is 7.45. The number of sulfone groups is 1. The van der Waals surface area contributed by atoms with Crippen molar-refractivity contribution in [3.05, 3.63) is 78.0 Å². The highest BCUT2D eigenvalue weighted by Gasteiger charge is 2.45. The van der Waals surface area contributed by atoms with Crippen molar-refractivity contribution in [2.75, 3.05) is 29.9 Å². The van der Waals surface area contributed by atoms with E-state index in [4.69, 9.17) is 25.7 Å². The highest BCUT2D eigenvalue weighted by molar-refractivity contribution is 7.92. The molecule has 1 aliphatic rings. The van der Waals surface area contributed by atoms with Gasteiger partial charge in [0.1, 0.15) is 18.0 Å². The van der Waals surface area contributed by atoms with Gasteiger partial charge in [0, 0.05) is 35.9 Å². The zero-order chi connectivity index (χ0) is 36.3. The summed E-state index contributed by atoms with van der Waals surface area (Å²) < 4.78 is 44.4. The number of aromatic nitrogens is 1. The molecule has 1 fully saturated rings. The zero-order valence-corrected chi connectivity index (χ0v) is 29.4. The second-order valence-electron chi connectivity index (χ2n) is 12.6. The van der Waals surface area contributed by atoms with E-state index in [9.17, 15) is 23.1 Å². The van der Waals surface area contributed by atoms with Crippen LogP contribution in [0.2, 0.25) is 0 Å². The molecule has 0 saturated carbocycles. The zero-order valence-electron chi connectivity index (χ0n) is 28.6. The summed E-state index contributed by atoms with van der Waals surface area (Å²) in [6.45, 7) is 9.15. The number of hydrogen-bond donors (Lipinski definition) is 4. The molecule has 266 valence electrons. The van der Waals surface area contributed by atoms with Gasteiger partial charge in [-0.3, -0.25) is 4.79 Å². The maximum absolute atomic E-state index is 15.0. The molecule has 2 heterocycles. The molecule has 50 heavy (non-hydrogen) atoms. The Morgan fingerprint density at radius 3 is 2.46 bits per heavy atom. The molecule has 1 aromatic heterocycles. The Balaban J connectivity index is 1.66. The normalized spacial score (nSPS) is 16.8. The SMILES string of the molecule is CCOc1cc(C(Nc2ccc3c(N)nccc3c2)C(=O)N2CCC(OC(=O)O)C2c2cc(N)ccc2S(=O)(=O)C(C)C)ccc1OC(C)C. The molecule has 0 radical (unpaired) electrons. The third kappa shape index (κ3) is 7.49. The summed E-state index contributed by atoms with van der Waals surface area (Å²) in [5, 5.41) is 13.8. The third-order valence-corrected chi connectivity index (χ3v) is 10.7. The minimum absolute atomic E-state index is 0.0514. The molecular formula is C36H43N5O8S. The second kappa shape index (κ2) is 14.7. The van der Waals surface area contributed by atoms with Gasteiger partial charge in [0.2, 0.25) is 5.91 Å². The average molecular weight is 706 g/mol. The molecule has 1 saturated heterocycles. The van der Waals surface area contributed by atoms with Gasteiger partial charge < -0.3 is 41.0 Å². The summed E-state index contributed by atoms with van der Waals surface area (Å²) in [6.07, 6.45) is -1.04. The van der Waals surface area contributed by atoms with Crippen LogP contribution in [0.15, 0.2) is 71.8 Å². The maximum atomic E-state index is 15.0. The predicted octanol–water partition coefficient (Wildman–Crippen LogP) is 5.96. The van der Waals surface area contributed by atoms with E-state index in [1.54, 1.807) is 56.4 Å². The number of pyridine rings is 1. The number of carbonyl (C=O) groups excluding carboxylic acids is 1. The van der Waals surface area contributed by atoms with Crippen LogP contribution in [-0.4, -0.2) is 66.1 Å². The fraction of sp³-hybridized carbons (Fsp3) is 0.361. The molecule has 3 atom stereocenters. The number of ether oxygens (including phenoxy) is 3. The lowest BCUT2D eigenvalue weighted by Gasteiger charge is -2.33. The van der Waals surface area contributed by atoms with E-state index in [-0.39, 0.29) is 35.2 Å². The molecule has 14 heteroatoms. The first-order valence-electron chi connectivity index (χ1n) is 16.4. The Kier molecular flexibility index (Phi) is 10.6. The first-order chi connectivity index (χ1) is 23.7. The van der Waals surface area contributed by atoms with Gasteiger partial charge in [-0.15, -0.1) is 0 Å². The number of carboxylic acid groups (broad SMARTS) is 1. The van der Waals surface area contributed by atoms with E-state index in [1.807, 2.05) is 26.8 Å². The Labute approximate surface area is 291 Å². The van der Waals surface area contributed by atoms with Crippen LogP contribution in [0.5, 0.6) is 11.5 Å². The van der Waals surface area contributed by atoms with Crippen molar-refractivity contribution in [1.29, 1.82) is 0 Å². The standard InChI is InChI=1S/C36H43N5O8S/c1-6-47-30-18-23(7-11-28(30)48-20(2)3)32(40-25-9-10-26-22(17-25)13-15-39-34(26)38)35(42)41-16-14-29(49-36(43)44)33(41)27-19-24(37)8-12-31(27)50(45,46)21(4)5/h7-13,15,17-21,29,32-33,40H,6,14,16,37H2,1-5H3,(H2,38,39)(H,43,44). The van der Waals surface area contributed by atoms with Gasteiger partial charge >= 0.3 is 6.16 Å². The fourth-order valence-electron chi connectivity index (χ4n) is 6.18. The Hall–Kier alpha value is -5.24. The van der Waals surface area contributed by atoms with Crippen LogP contribution in [0.4, 0.5) is 22.0 Å². The molecular weight excluding hydrogens is 662 g/mol. The van der Waals surface area contributed by atoms with Gasteiger partial charge in [-0.25, -0.2) is 18.2 Å². The largest absolute Gasteiger partial charge is 0.506 e. The van der Waals surface area contributed by atoms with Gasteiger partial charge in [0.15, 0.2) is 21.3 Å². The number of carbonyl (C=O) groups is 2. The number of hydrogen-bond acceptors (Lipinski definition) is 11. The molecule has 0 spiro atoms. The first kappa shape index (κ1) is 36.1. The predicted molar refractivity (Wildman–Crippen MR) is 191 cm³/mol. The van der Waals surface area contributed by atoms with E-state index >= 15 is 0 Å². The van der Waals surface area contributed by atoms with Crippen molar-refractivity contribution in [1.82, 2.24) is 9.88 Å². The minimum atomic E-state index is -3.89. The lowest BCUT2D eigenvalue weighted by Crippen LogP contribution is -2.40. The van der Waals surface area contributed by atoms with Crippen LogP contribution >= 0.6 is 0 Å². The first-order valence-corrected chi connectivity index (χ1v) is 17.9. The van der Waals surface area contributed by atoms with Crippen LogP contribution in [0, 0.1) is 0 Å². The van der Waals surface area contributed by atoms with Crippen LogP contribution < -0.4 is 26.3 Å². The van der Waals surface area contributed by atoms with E-state index < -0.39 is 45.3 Å². The number of benzene rings is 3. The molecule has 1 amide bonds. The van der Waals surface area contributed by atoms with Gasteiger partial charge in [0.05, 0.1) is 28.9 Å². The molecule has 13 nitrogen and oxygen atoms in total.